The van der Waals surface area contributed by atoms with E-state index in [2.05, 4.69) is 10.3 Å². The quantitative estimate of drug-likeness (QED) is 0.917. The Labute approximate surface area is 117 Å². The van der Waals surface area contributed by atoms with Crippen LogP contribution in [-0.4, -0.2) is 31.8 Å². The van der Waals surface area contributed by atoms with E-state index in [1.54, 1.807) is 26.2 Å². The zero-order valence-corrected chi connectivity index (χ0v) is 12.3. The molecule has 0 aromatic carbocycles. The maximum Gasteiger partial charge on any atom is 0.244 e. The lowest BCUT2D eigenvalue weighted by Crippen LogP contribution is -2.26. The highest BCUT2D eigenvalue weighted by Crippen LogP contribution is 2.19. The van der Waals surface area contributed by atoms with Gasteiger partial charge in [0.15, 0.2) is 0 Å². The van der Waals surface area contributed by atoms with Gasteiger partial charge < -0.3 is 5.32 Å². The molecule has 0 unspecified atom stereocenters. The molecule has 0 spiro atoms. The first-order chi connectivity index (χ1) is 9.04. The summed E-state index contributed by atoms with van der Waals surface area (Å²) in [6, 6.07) is 7.02. The molecule has 1 N–H and O–H groups in total. The molecule has 0 saturated heterocycles. The van der Waals surface area contributed by atoms with E-state index in [9.17, 15) is 8.42 Å². The number of hydrogen-bond donors (Lipinski definition) is 1. The Bertz CT molecular complexity index is 622. The van der Waals surface area contributed by atoms with Crippen molar-refractivity contribution in [2.75, 3.05) is 19.4 Å². The maximum atomic E-state index is 12.3. The third kappa shape index (κ3) is 3.12. The number of rotatable bonds is 5. The molecule has 0 bridgehead atoms. The number of nitrogens with one attached hydrogen (secondary N) is 1. The van der Waals surface area contributed by atoms with E-state index in [0.29, 0.717) is 12.4 Å². The van der Waals surface area contributed by atoms with Gasteiger partial charge in [-0.2, -0.15) is 4.31 Å². The summed E-state index contributed by atoms with van der Waals surface area (Å²) in [5, 5.41) is 4.78. The highest BCUT2D eigenvalue weighted by atomic mass is 32.2. The molecule has 0 radical (unpaired) electrons. The van der Waals surface area contributed by atoms with E-state index in [-0.39, 0.29) is 4.90 Å². The first kappa shape index (κ1) is 14.0. The van der Waals surface area contributed by atoms with Crippen LogP contribution in [0.15, 0.2) is 40.7 Å². The molecule has 102 valence electrons. The molecule has 2 aromatic rings. The number of hydrogen-bond acceptors (Lipinski definition) is 5. The standard InChI is InChI=1S/C12H15N3O2S2/c1-13-12-6-5-11(8-14-12)19(16,17)15(2)9-10-4-3-7-18-10/h3-8H,9H2,1-2H3,(H,13,14). The van der Waals surface area contributed by atoms with Gasteiger partial charge in [-0.15, -0.1) is 11.3 Å². The lowest BCUT2D eigenvalue weighted by molar-refractivity contribution is 0.469. The minimum absolute atomic E-state index is 0.200. The molecule has 19 heavy (non-hydrogen) atoms. The van der Waals surface area contributed by atoms with Crippen molar-refractivity contribution < 1.29 is 8.42 Å². The van der Waals surface area contributed by atoms with Gasteiger partial charge in [-0.25, -0.2) is 13.4 Å². The van der Waals surface area contributed by atoms with Gasteiger partial charge in [-0.1, -0.05) is 6.07 Å². The van der Waals surface area contributed by atoms with Gasteiger partial charge in [-0.05, 0) is 23.6 Å². The molecular weight excluding hydrogens is 282 g/mol. The van der Waals surface area contributed by atoms with Crippen LogP contribution >= 0.6 is 11.3 Å². The second-order valence-electron chi connectivity index (χ2n) is 3.97. The Morgan fingerprint density at radius 2 is 2.16 bits per heavy atom. The number of nitrogens with zero attached hydrogens (tertiary/aromatic N) is 2. The lowest BCUT2D eigenvalue weighted by Gasteiger charge is -2.16. The topological polar surface area (TPSA) is 62.3 Å². The molecule has 0 amide bonds. The highest BCUT2D eigenvalue weighted by Gasteiger charge is 2.21. The number of aromatic nitrogens is 1. The van der Waals surface area contributed by atoms with Crippen LogP contribution in [0, 0.1) is 0 Å². The van der Waals surface area contributed by atoms with Crippen LogP contribution in [0.4, 0.5) is 5.82 Å². The summed E-state index contributed by atoms with van der Waals surface area (Å²) in [5.74, 6) is 0.639. The monoisotopic (exact) mass is 297 g/mol. The normalized spacial score (nSPS) is 11.7. The van der Waals surface area contributed by atoms with Crippen LogP contribution in [0.1, 0.15) is 4.88 Å². The zero-order valence-electron chi connectivity index (χ0n) is 10.7. The molecule has 0 atom stereocenters. The number of anilines is 1. The predicted molar refractivity (Wildman–Crippen MR) is 76.8 cm³/mol. The Morgan fingerprint density at radius 3 is 2.68 bits per heavy atom. The highest BCUT2D eigenvalue weighted by molar-refractivity contribution is 7.89. The van der Waals surface area contributed by atoms with E-state index in [1.807, 2.05) is 17.5 Å². The fourth-order valence-corrected chi connectivity index (χ4v) is 3.50. The van der Waals surface area contributed by atoms with Crippen molar-refractivity contribution in [3.05, 3.63) is 40.7 Å². The van der Waals surface area contributed by atoms with Crippen molar-refractivity contribution in [2.45, 2.75) is 11.4 Å². The predicted octanol–water partition coefficient (Wildman–Crippen LogP) is 2.01. The van der Waals surface area contributed by atoms with Crippen molar-refractivity contribution >= 4 is 27.2 Å². The fraction of sp³-hybridized carbons (Fsp3) is 0.250. The Balaban J connectivity index is 2.20. The van der Waals surface area contributed by atoms with Crippen molar-refractivity contribution in [1.29, 1.82) is 0 Å². The molecule has 0 fully saturated rings. The second kappa shape index (κ2) is 5.68. The fourth-order valence-electron chi connectivity index (χ4n) is 1.57. The first-order valence-corrected chi connectivity index (χ1v) is 7.98. The minimum atomic E-state index is -3.49. The molecule has 2 rings (SSSR count). The third-order valence-corrected chi connectivity index (χ3v) is 5.31. The van der Waals surface area contributed by atoms with Crippen molar-refractivity contribution in [3.8, 4) is 0 Å². The average Bonchev–Trinajstić information content (AvgIpc) is 2.91. The second-order valence-corrected chi connectivity index (χ2v) is 7.05. The number of pyridine rings is 1. The summed E-state index contributed by atoms with van der Waals surface area (Å²) in [6.07, 6.45) is 1.37. The van der Waals surface area contributed by atoms with Gasteiger partial charge >= 0.3 is 0 Å². The Kier molecular flexibility index (Phi) is 4.18. The molecule has 0 aliphatic heterocycles. The molecule has 0 aliphatic rings. The van der Waals surface area contributed by atoms with E-state index < -0.39 is 10.0 Å². The van der Waals surface area contributed by atoms with Gasteiger partial charge in [0.1, 0.15) is 10.7 Å². The van der Waals surface area contributed by atoms with Gasteiger partial charge in [-0.3, -0.25) is 0 Å². The summed E-state index contributed by atoms with van der Waals surface area (Å²) in [5.41, 5.74) is 0. The van der Waals surface area contributed by atoms with Crippen LogP contribution in [0.2, 0.25) is 0 Å². The number of sulfonamides is 1. The third-order valence-electron chi connectivity index (χ3n) is 2.66. The van der Waals surface area contributed by atoms with E-state index in [4.69, 9.17) is 0 Å². The maximum absolute atomic E-state index is 12.3. The number of thiophene rings is 1. The smallest absolute Gasteiger partial charge is 0.244 e. The minimum Gasteiger partial charge on any atom is -0.373 e. The van der Waals surface area contributed by atoms with Crippen LogP contribution in [0.5, 0.6) is 0 Å². The van der Waals surface area contributed by atoms with E-state index in [1.165, 1.54) is 21.8 Å². The lowest BCUT2D eigenvalue weighted by atomic mass is 10.5. The van der Waals surface area contributed by atoms with E-state index >= 15 is 0 Å². The average molecular weight is 297 g/mol. The van der Waals surface area contributed by atoms with Crippen molar-refractivity contribution in [3.63, 3.8) is 0 Å². The van der Waals surface area contributed by atoms with Gasteiger partial charge in [0.05, 0.1) is 0 Å². The largest absolute Gasteiger partial charge is 0.373 e. The van der Waals surface area contributed by atoms with Crippen molar-refractivity contribution in [2.24, 2.45) is 0 Å². The van der Waals surface area contributed by atoms with E-state index in [0.717, 1.165) is 4.88 Å². The van der Waals surface area contributed by atoms with Crippen LogP contribution < -0.4 is 5.32 Å². The zero-order chi connectivity index (χ0) is 13.9. The molecule has 5 nitrogen and oxygen atoms in total. The molecule has 2 heterocycles. The molecule has 0 saturated carbocycles. The van der Waals surface area contributed by atoms with Gasteiger partial charge in [0, 0.05) is 31.7 Å². The molecule has 7 heteroatoms. The van der Waals surface area contributed by atoms with Gasteiger partial charge in [0.25, 0.3) is 0 Å². The summed E-state index contributed by atoms with van der Waals surface area (Å²) >= 11 is 1.54. The Hall–Kier alpha value is -1.44. The summed E-state index contributed by atoms with van der Waals surface area (Å²) in [7, 11) is -0.184. The SMILES string of the molecule is CNc1ccc(S(=O)(=O)N(C)Cc2cccs2)cn1. The first-order valence-electron chi connectivity index (χ1n) is 5.66. The summed E-state index contributed by atoms with van der Waals surface area (Å²) in [6.45, 7) is 0.369. The summed E-state index contributed by atoms with van der Waals surface area (Å²) in [4.78, 5) is 5.23. The van der Waals surface area contributed by atoms with Crippen LogP contribution in [-0.2, 0) is 16.6 Å². The summed E-state index contributed by atoms with van der Waals surface area (Å²) < 4.78 is 26.0. The molecule has 0 aliphatic carbocycles. The van der Waals surface area contributed by atoms with Gasteiger partial charge in [0.2, 0.25) is 10.0 Å². The van der Waals surface area contributed by atoms with Crippen LogP contribution in [0.25, 0.3) is 0 Å². The van der Waals surface area contributed by atoms with Crippen molar-refractivity contribution in [1.82, 2.24) is 9.29 Å². The van der Waals surface area contributed by atoms with Crippen LogP contribution in [0.3, 0.4) is 0 Å². The molecular formula is C12H15N3O2S2. The molecule has 2 aromatic heterocycles. The Morgan fingerprint density at radius 1 is 1.37 bits per heavy atom.